The third kappa shape index (κ3) is 2.36. The van der Waals surface area contributed by atoms with Crippen molar-refractivity contribution < 1.29 is 10.2 Å². The van der Waals surface area contributed by atoms with Gasteiger partial charge in [0.1, 0.15) is 17.2 Å². The highest BCUT2D eigenvalue weighted by Gasteiger charge is 2.00. The van der Waals surface area contributed by atoms with Crippen LogP contribution in [0.2, 0.25) is 0 Å². The second-order valence-electron chi connectivity index (χ2n) is 3.21. The fourth-order valence-corrected chi connectivity index (χ4v) is 1.20. The number of hydrogen-bond donors (Lipinski definition) is 2. The summed E-state index contributed by atoms with van der Waals surface area (Å²) in [7, 11) is 0. The summed E-state index contributed by atoms with van der Waals surface area (Å²) in [4.78, 5) is 0. The molecule has 0 bridgehead atoms. The normalized spacial score (nSPS) is 10.8. The Hall–Kier alpha value is -2.36. The summed E-state index contributed by atoms with van der Waals surface area (Å²) in [6.07, 6.45) is 0. The van der Waals surface area contributed by atoms with E-state index in [2.05, 4.69) is 10.2 Å². The first-order valence-corrected chi connectivity index (χ1v) is 4.74. The van der Waals surface area contributed by atoms with E-state index in [4.69, 9.17) is 5.11 Å². The van der Waals surface area contributed by atoms with E-state index in [1.165, 1.54) is 18.2 Å². The molecule has 0 spiro atoms. The monoisotopic (exact) mass is 214 g/mol. The molecule has 80 valence electrons. The third-order valence-corrected chi connectivity index (χ3v) is 1.99. The van der Waals surface area contributed by atoms with E-state index in [1.807, 2.05) is 18.2 Å². The predicted molar refractivity (Wildman–Crippen MR) is 60.4 cm³/mol. The van der Waals surface area contributed by atoms with E-state index in [-0.39, 0.29) is 11.5 Å². The SMILES string of the molecule is Oc1ccc(/N=N/c2ccccc2)c(O)c1. The Morgan fingerprint density at radius 2 is 1.56 bits per heavy atom. The lowest BCUT2D eigenvalue weighted by molar-refractivity contribution is 0.451. The van der Waals surface area contributed by atoms with Crippen molar-refractivity contribution in [1.29, 1.82) is 0 Å². The first-order chi connectivity index (χ1) is 7.75. The fraction of sp³-hybridized carbons (Fsp3) is 0. The Kier molecular flexibility index (Phi) is 2.82. The molecule has 4 nitrogen and oxygen atoms in total. The number of azo groups is 1. The van der Waals surface area contributed by atoms with Crippen molar-refractivity contribution in [1.82, 2.24) is 0 Å². The number of phenols is 2. The molecule has 0 heterocycles. The summed E-state index contributed by atoms with van der Waals surface area (Å²) in [5, 5.41) is 26.4. The van der Waals surface area contributed by atoms with Crippen LogP contribution >= 0.6 is 0 Å². The molecule has 0 unspecified atom stereocenters. The van der Waals surface area contributed by atoms with E-state index in [0.717, 1.165) is 0 Å². The number of benzene rings is 2. The molecule has 0 saturated heterocycles. The van der Waals surface area contributed by atoms with Crippen molar-refractivity contribution in [3.05, 3.63) is 48.5 Å². The third-order valence-electron chi connectivity index (χ3n) is 1.99. The van der Waals surface area contributed by atoms with Crippen molar-refractivity contribution in [2.75, 3.05) is 0 Å². The second kappa shape index (κ2) is 4.44. The van der Waals surface area contributed by atoms with E-state index in [1.54, 1.807) is 12.1 Å². The first-order valence-electron chi connectivity index (χ1n) is 4.74. The van der Waals surface area contributed by atoms with Gasteiger partial charge in [0.2, 0.25) is 0 Å². The van der Waals surface area contributed by atoms with Crippen molar-refractivity contribution in [3.8, 4) is 11.5 Å². The number of hydrogen-bond acceptors (Lipinski definition) is 4. The minimum Gasteiger partial charge on any atom is -0.508 e. The van der Waals surface area contributed by atoms with Gasteiger partial charge >= 0.3 is 0 Å². The van der Waals surface area contributed by atoms with Crippen LogP contribution in [0.25, 0.3) is 0 Å². The van der Waals surface area contributed by atoms with Crippen LogP contribution in [0.15, 0.2) is 58.8 Å². The highest BCUT2D eigenvalue weighted by molar-refractivity contribution is 5.53. The zero-order valence-electron chi connectivity index (χ0n) is 8.41. The Morgan fingerprint density at radius 1 is 0.812 bits per heavy atom. The van der Waals surface area contributed by atoms with Gasteiger partial charge in [0.15, 0.2) is 0 Å². The Labute approximate surface area is 92.5 Å². The largest absolute Gasteiger partial charge is 0.508 e. The molecule has 0 amide bonds. The lowest BCUT2D eigenvalue weighted by atomic mass is 10.3. The van der Waals surface area contributed by atoms with Crippen LogP contribution in [-0.4, -0.2) is 10.2 Å². The molecule has 0 radical (unpaired) electrons. The second-order valence-corrected chi connectivity index (χ2v) is 3.21. The van der Waals surface area contributed by atoms with Crippen molar-refractivity contribution >= 4 is 11.4 Å². The lowest BCUT2D eigenvalue weighted by Gasteiger charge is -1.97. The van der Waals surface area contributed by atoms with Gasteiger partial charge in [-0.2, -0.15) is 5.11 Å². The van der Waals surface area contributed by atoms with Gasteiger partial charge in [0.05, 0.1) is 5.69 Å². The van der Waals surface area contributed by atoms with Gasteiger partial charge in [0.25, 0.3) is 0 Å². The van der Waals surface area contributed by atoms with Gasteiger partial charge in [-0.15, -0.1) is 5.11 Å². The topological polar surface area (TPSA) is 65.2 Å². The summed E-state index contributed by atoms with van der Waals surface area (Å²) in [5.74, 6) is -0.101. The minimum absolute atomic E-state index is 0.00355. The van der Waals surface area contributed by atoms with Crippen LogP contribution in [0.5, 0.6) is 11.5 Å². The van der Waals surface area contributed by atoms with Gasteiger partial charge in [-0.25, -0.2) is 0 Å². The molecular formula is C12H10N2O2. The number of aromatic hydroxyl groups is 2. The van der Waals surface area contributed by atoms with Crippen LogP contribution in [0.1, 0.15) is 0 Å². The van der Waals surface area contributed by atoms with Gasteiger partial charge < -0.3 is 10.2 Å². The highest BCUT2D eigenvalue weighted by atomic mass is 16.3. The summed E-state index contributed by atoms with van der Waals surface area (Å²) in [6.45, 7) is 0. The number of nitrogens with zero attached hydrogens (tertiary/aromatic N) is 2. The molecular weight excluding hydrogens is 204 g/mol. The van der Waals surface area contributed by atoms with Crippen molar-refractivity contribution in [2.45, 2.75) is 0 Å². The zero-order chi connectivity index (χ0) is 11.4. The van der Waals surface area contributed by atoms with E-state index >= 15 is 0 Å². The van der Waals surface area contributed by atoms with Gasteiger partial charge in [-0.1, -0.05) is 18.2 Å². The number of phenolic OH excluding ortho intramolecular Hbond substituents is 2. The summed E-state index contributed by atoms with van der Waals surface area (Å²) < 4.78 is 0. The first kappa shape index (κ1) is 10.2. The minimum atomic E-state index is -0.0975. The highest BCUT2D eigenvalue weighted by Crippen LogP contribution is 2.30. The molecule has 0 aliphatic carbocycles. The molecule has 0 aliphatic rings. The number of rotatable bonds is 2. The maximum Gasteiger partial charge on any atom is 0.146 e. The predicted octanol–water partition coefficient (Wildman–Crippen LogP) is 3.51. The Morgan fingerprint density at radius 3 is 2.25 bits per heavy atom. The van der Waals surface area contributed by atoms with E-state index in [9.17, 15) is 5.11 Å². The van der Waals surface area contributed by atoms with Crippen LogP contribution in [-0.2, 0) is 0 Å². The molecule has 0 aliphatic heterocycles. The smallest absolute Gasteiger partial charge is 0.146 e. The van der Waals surface area contributed by atoms with Gasteiger partial charge in [-0.3, -0.25) is 0 Å². The van der Waals surface area contributed by atoms with Crippen LogP contribution in [0, 0.1) is 0 Å². The fourth-order valence-electron chi connectivity index (χ4n) is 1.20. The zero-order valence-corrected chi connectivity index (χ0v) is 8.41. The van der Waals surface area contributed by atoms with Crippen molar-refractivity contribution in [3.63, 3.8) is 0 Å². The van der Waals surface area contributed by atoms with E-state index in [0.29, 0.717) is 11.4 Å². The molecule has 0 saturated carbocycles. The molecule has 16 heavy (non-hydrogen) atoms. The van der Waals surface area contributed by atoms with Crippen LogP contribution in [0.4, 0.5) is 11.4 Å². The Bertz CT molecular complexity index is 510. The quantitative estimate of drug-likeness (QED) is 0.751. The average molecular weight is 214 g/mol. The Balaban J connectivity index is 2.24. The molecule has 0 aromatic heterocycles. The summed E-state index contributed by atoms with van der Waals surface area (Å²) in [5.41, 5.74) is 1.02. The molecule has 4 heteroatoms. The standard InChI is InChI=1S/C12H10N2O2/c15-10-6-7-11(12(16)8-10)14-13-9-4-2-1-3-5-9/h1-8,15-16H/b14-13+. The summed E-state index contributed by atoms with van der Waals surface area (Å²) >= 11 is 0. The van der Waals surface area contributed by atoms with Gasteiger partial charge in [-0.05, 0) is 24.3 Å². The molecule has 2 aromatic carbocycles. The molecule has 2 aromatic rings. The maximum absolute atomic E-state index is 9.46. The van der Waals surface area contributed by atoms with Crippen LogP contribution in [0.3, 0.4) is 0 Å². The molecule has 0 atom stereocenters. The van der Waals surface area contributed by atoms with Crippen molar-refractivity contribution in [2.24, 2.45) is 10.2 Å². The molecule has 2 rings (SSSR count). The maximum atomic E-state index is 9.46. The van der Waals surface area contributed by atoms with Crippen LogP contribution < -0.4 is 0 Å². The summed E-state index contributed by atoms with van der Waals surface area (Å²) in [6, 6.07) is 13.4. The van der Waals surface area contributed by atoms with E-state index < -0.39 is 0 Å². The molecule has 2 N–H and O–H groups in total. The average Bonchev–Trinajstić information content (AvgIpc) is 2.29. The lowest BCUT2D eigenvalue weighted by Crippen LogP contribution is -1.68. The van der Waals surface area contributed by atoms with Gasteiger partial charge in [0, 0.05) is 6.07 Å². The molecule has 0 fully saturated rings.